The molecule has 0 unspecified atom stereocenters. The summed E-state index contributed by atoms with van der Waals surface area (Å²) in [5, 5.41) is 11.7. The molecule has 5 heteroatoms. The largest absolute Gasteiger partial charge is 0.192 e. The van der Waals surface area contributed by atoms with Crippen molar-refractivity contribution in [3.05, 3.63) is 54.2 Å². The summed E-state index contributed by atoms with van der Waals surface area (Å²) in [5.41, 5.74) is 1.39. The zero-order valence-corrected chi connectivity index (χ0v) is 14.3. The van der Waals surface area contributed by atoms with Gasteiger partial charge in [0.25, 0.3) is 0 Å². The number of hydrogen-bond acceptors (Lipinski definition) is 2. The number of rotatable bonds is 2. The molecule has 1 heterocycles. The van der Waals surface area contributed by atoms with Gasteiger partial charge in [0.15, 0.2) is 0 Å². The number of hydrogen-bond donors (Lipinski definition) is 0. The number of halogens is 3. The highest BCUT2D eigenvalue weighted by Gasteiger charge is 2.13. The van der Waals surface area contributed by atoms with Crippen molar-refractivity contribution >= 4 is 72.1 Å². The third-order valence-electron chi connectivity index (χ3n) is 2.26. The van der Waals surface area contributed by atoms with Gasteiger partial charge in [0.1, 0.15) is 6.07 Å². The highest BCUT2D eigenvalue weighted by atomic mass is 127. The summed E-state index contributed by atoms with van der Waals surface area (Å²) in [6, 6.07) is 11.8. The number of nitriles is 1. The summed E-state index contributed by atoms with van der Waals surface area (Å²) in [6.45, 7) is 0. The lowest BCUT2D eigenvalue weighted by atomic mass is 10.1. The van der Waals surface area contributed by atoms with Crippen molar-refractivity contribution in [3.63, 3.8) is 0 Å². The summed E-state index contributed by atoms with van der Waals surface area (Å²) in [4.78, 5) is 0.887. The smallest absolute Gasteiger partial charge is 0.102 e. The van der Waals surface area contributed by atoms with Crippen LogP contribution in [-0.4, -0.2) is 0 Å². The van der Waals surface area contributed by atoms with Crippen molar-refractivity contribution in [2.45, 2.75) is 0 Å². The van der Waals surface area contributed by atoms with Crippen molar-refractivity contribution in [2.75, 3.05) is 0 Å². The normalized spacial score (nSPS) is 11.9. The Hall–Kier alpha value is -0.350. The Bertz CT molecular complexity index is 644. The van der Waals surface area contributed by atoms with Crippen LogP contribution in [0.3, 0.4) is 0 Å². The van der Waals surface area contributed by atoms with Crippen LogP contribution in [0.5, 0.6) is 0 Å². The monoisotopic (exact) mass is 449 g/mol. The Morgan fingerprint density at radius 2 is 2.17 bits per heavy atom. The zero-order chi connectivity index (χ0) is 13.1. The van der Waals surface area contributed by atoms with E-state index >= 15 is 0 Å². The Labute approximate surface area is 136 Å². The Balaban J connectivity index is 2.62. The summed E-state index contributed by atoms with van der Waals surface area (Å²) >= 11 is 13.5. The van der Waals surface area contributed by atoms with Crippen LogP contribution in [0.1, 0.15) is 10.4 Å². The first-order valence-electron chi connectivity index (χ1n) is 4.92. The maximum absolute atomic E-state index is 9.29. The molecule has 0 amide bonds. The second kappa shape index (κ2) is 6.20. The first-order valence-corrected chi connectivity index (χ1v) is 8.05. The van der Waals surface area contributed by atoms with Crippen LogP contribution >= 0.6 is 61.5 Å². The Morgan fingerprint density at radius 3 is 2.78 bits per heavy atom. The fourth-order valence-electron chi connectivity index (χ4n) is 1.43. The predicted octanol–water partition coefficient (Wildman–Crippen LogP) is 5.75. The molecule has 0 radical (unpaired) electrons. The van der Waals surface area contributed by atoms with E-state index in [0.29, 0.717) is 10.6 Å². The van der Waals surface area contributed by atoms with E-state index in [1.807, 2.05) is 35.7 Å². The van der Waals surface area contributed by atoms with Crippen LogP contribution in [0.4, 0.5) is 0 Å². The van der Waals surface area contributed by atoms with Gasteiger partial charge in [-0.3, -0.25) is 0 Å². The van der Waals surface area contributed by atoms with Crippen LogP contribution in [0.25, 0.3) is 10.6 Å². The molecule has 18 heavy (non-hydrogen) atoms. The molecule has 0 aliphatic carbocycles. The van der Waals surface area contributed by atoms with Crippen molar-refractivity contribution in [1.82, 2.24) is 0 Å². The van der Waals surface area contributed by atoms with E-state index in [4.69, 9.17) is 11.6 Å². The molecular weight excluding hydrogens is 444 g/mol. The number of thiophene rings is 1. The van der Waals surface area contributed by atoms with Gasteiger partial charge in [0.2, 0.25) is 0 Å². The summed E-state index contributed by atoms with van der Waals surface area (Å²) in [7, 11) is 0. The van der Waals surface area contributed by atoms with Crippen molar-refractivity contribution in [1.29, 1.82) is 5.26 Å². The minimum atomic E-state index is 0.491. The molecule has 0 N–H and O–H groups in total. The van der Waals surface area contributed by atoms with E-state index in [1.54, 1.807) is 0 Å². The molecule has 0 atom stereocenters. The number of allylic oxidation sites excluding steroid dienone is 1. The summed E-state index contributed by atoms with van der Waals surface area (Å²) < 4.78 is 1.96. The standard InChI is InChI=1S/C13H6BrClINS/c14-8-3-4-11(16)9(6-8)13(15)10(7-17)12-2-1-5-18-12/h1-6H/b13-10-. The van der Waals surface area contributed by atoms with Crippen LogP contribution in [-0.2, 0) is 0 Å². The SMILES string of the molecule is N#C/C(=C(/Cl)c1cc(Br)ccc1I)c1cccs1. The van der Waals surface area contributed by atoms with Gasteiger partial charge in [0, 0.05) is 18.5 Å². The van der Waals surface area contributed by atoms with Gasteiger partial charge in [0.05, 0.1) is 10.6 Å². The second-order valence-electron chi connectivity index (χ2n) is 3.40. The van der Waals surface area contributed by atoms with Crippen LogP contribution in [0, 0.1) is 14.9 Å². The molecule has 1 nitrogen and oxygen atoms in total. The molecule has 1 aromatic heterocycles. The van der Waals surface area contributed by atoms with Gasteiger partial charge in [-0.2, -0.15) is 5.26 Å². The maximum atomic E-state index is 9.29. The van der Waals surface area contributed by atoms with Gasteiger partial charge < -0.3 is 0 Å². The quantitative estimate of drug-likeness (QED) is 0.422. The van der Waals surface area contributed by atoms with Crippen LogP contribution in [0.2, 0.25) is 0 Å². The number of nitrogens with zero attached hydrogens (tertiary/aromatic N) is 1. The van der Waals surface area contributed by atoms with E-state index < -0.39 is 0 Å². The van der Waals surface area contributed by atoms with Gasteiger partial charge in [-0.15, -0.1) is 11.3 Å². The molecule has 0 aliphatic heterocycles. The molecule has 90 valence electrons. The molecule has 0 saturated carbocycles. The fraction of sp³-hybridized carbons (Fsp3) is 0. The molecule has 2 rings (SSSR count). The molecule has 0 fully saturated rings. The highest BCUT2D eigenvalue weighted by molar-refractivity contribution is 14.1. The lowest BCUT2D eigenvalue weighted by Gasteiger charge is -2.06. The average Bonchev–Trinajstić information content (AvgIpc) is 2.87. The van der Waals surface area contributed by atoms with E-state index in [2.05, 4.69) is 44.6 Å². The van der Waals surface area contributed by atoms with Crippen LogP contribution < -0.4 is 0 Å². The average molecular weight is 451 g/mol. The lowest BCUT2D eigenvalue weighted by molar-refractivity contribution is 1.52. The van der Waals surface area contributed by atoms with E-state index in [9.17, 15) is 5.26 Å². The molecule has 0 bridgehead atoms. The first-order chi connectivity index (χ1) is 8.63. The first kappa shape index (κ1) is 14.1. The highest BCUT2D eigenvalue weighted by Crippen LogP contribution is 2.34. The zero-order valence-electron chi connectivity index (χ0n) is 8.95. The molecule has 1 aromatic carbocycles. The fourth-order valence-corrected chi connectivity index (χ4v) is 3.64. The molecule has 2 aromatic rings. The third-order valence-corrected chi connectivity index (χ3v) is 4.98. The Kier molecular flexibility index (Phi) is 4.84. The minimum Gasteiger partial charge on any atom is -0.192 e. The lowest BCUT2D eigenvalue weighted by Crippen LogP contribution is -1.87. The van der Waals surface area contributed by atoms with Gasteiger partial charge in [-0.05, 0) is 52.2 Å². The van der Waals surface area contributed by atoms with Gasteiger partial charge in [-0.25, -0.2) is 0 Å². The minimum absolute atomic E-state index is 0.491. The van der Waals surface area contributed by atoms with Gasteiger partial charge >= 0.3 is 0 Å². The van der Waals surface area contributed by atoms with E-state index in [-0.39, 0.29) is 0 Å². The van der Waals surface area contributed by atoms with Crippen molar-refractivity contribution < 1.29 is 0 Å². The van der Waals surface area contributed by atoms with Crippen molar-refractivity contribution in [2.24, 2.45) is 0 Å². The summed E-state index contributed by atoms with van der Waals surface area (Å²) in [5.74, 6) is 0. The second-order valence-corrected chi connectivity index (χ2v) is 6.81. The molecular formula is C13H6BrClINS. The third kappa shape index (κ3) is 2.97. The number of benzene rings is 1. The van der Waals surface area contributed by atoms with E-state index in [0.717, 1.165) is 18.5 Å². The van der Waals surface area contributed by atoms with Crippen LogP contribution in [0.15, 0.2) is 40.2 Å². The molecule has 0 spiro atoms. The van der Waals surface area contributed by atoms with Gasteiger partial charge in [-0.1, -0.05) is 33.6 Å². The predicted molar refractivity (Wildman–Crippen MR) is 89.5 cm³/mol. The topological polar surface area (TPSA) is 23.8 Å². The maximum Gasteiger partial charge on any atom is 0.102 e. The summed E-state index contributed by atoms with van der Waals surface area (Å²) in [6.07, 6.45) is 0. The molecule has 0 saturated heterocycles. The van der Waals surface area contributed by atoms with Crippen molar-refractivity contribution in [3.8, 4) is 6.07 Å². The van der Waals surface area contributed by atoms with E-state index in [1.165, 1.54) is 11.3 Å². The Morgan fingerprint density at radius 1 is 1.39 bits per heavy atom. The molecule has 0 aliphatic rings.